The summed E-state index contributed by atoms with van der Waals surface area (Å²) in [5, 5.41) is 8.30. The minimum absolute atomic E-state index is 0.375. The zero-order chi connectivity index (χ0) is 11.1. The van der Waals surface area contributed by atoms with E-state index in [0.717, 1.165) is 16.7 Å². The van der Waals surface area contributed by atoms with Gasteiger partial charge in [-0.25, -0.2) is 4.98 Å². The highest BCUT2D eigenvalue weighted by molar-refractivity contribution is 6.30. The zero-order valence-electron chi connectivity index (χ0n) is 8.49. The molecule has 0 amide bonds. The SMILES string of the molecule is COc1cc(Cl)nc2n[nH]c(C3=CC=C3)c12. The zero-order valence-corrected chi connectivity index (χ0v) is 9.25. The molecule has 0 aliphatic heterocycles. The average molecular weight is 234 g/mol. The number of nitrogens with one attached hydrogen (secondary N) is 1. The molecule has 0 atom stereocenters. The van der Waals surface area contributed by atoms with Crippen LogP contribution in [-0.2, 0) is 0 Å². The quantitative estimate of drug-likeness (QED) is 0.811. The van der Waals surface area contributed by atoms with Gasteiger partial charge in [0.1, 0.15) is 10.9 Å². The van der Waals surface area contributed by atoms with Crippen LogP contribution in [0.25, 0.3) is 16.6 Å². The largest absolute Gasteiger partial charge is 0.496 e. The van der Waals surface area contributed by atoms with E-state index in [-0.39, 0.29) is 0 Å². The summed E-state index contributed by atoms with van der Waals surface area (Å²) in [5.41, 5.74) is 2.57. The Bertz CT molecular complexity index is 627. The minimum Gasteiger partial charge on any atom is -0.496 e. The number of halogens is 1. The lowest BCUT2D eigenvalue weighted by Crippen LogP contribution is -1.91. The summed E-state index contributed by atoms with van der Waals surface area (Å²) in [6.45, 7) is 0. The van der Waals surface area contributed by atoms with Crippen LogP contribution in [0.4, 0.5) is 0 Å². The van der Waals surface area contributed by atoms with Crippen molar-refractivity contribution in [1.29, 1.82) is 0 Å². The molecule has 0 bridgehead atoms. The highest BCUT2D eigenvalue weighted by Crippen LogP contribution is 2.34. The van der Waals surface area contributed by atoms with E-state index in [1.807, 2.05) is 18.2 Å². The van der Waals surface area contributed by atoms with Crippen molar-refractivity contribution < 1.29 is 4.74 Å². The first-order chi connectivity index (χ1) is 7.79. The van der Waals surface area contributed by atoms with Gasteiger partial charge in [0.2, 0.25) is 0 Å². The third-order valence-corrected chi connectivity index (χ3v) is 2.71. The highest BCUT2D eigenvalue weighted by atomic mass is 35.5. The standard InChI is InChI=1S/C11H8ClN3O/c1-16-7-5-8(12)13-11-9(7)10(14-15-11)6-3-2-4-6/h2-5H,1H3,(H,13,14,15). The van der Waals surface area contributed by atoms with E-state index in [9.17, 15) is 0 Å². The normalized spacial score (nSPS) is 13.8. The summed E-state index contributed by atoms with van der Waals surface area (Å²) in [7, 11) is 1.60. The van der Waals surface area contributed by atoms with E-state index in [4.69, 9.17) is 16.3 Å². The maximum Gasteiger partial charge on any atom is 0.186 e. The number of allylic oxidation sites excluding steroid dienone is 4. The van der Waals surface area contributed by atoms with E-state index >= 15 is 0 Å². The van der Waals surface area contributed by atoms with Crippen molar-refractivity contribution in [2.24, 2.45) is 0 Å². The van der Waals surface area contributed by atoms with Gasteiger partial charge in [-0.1, -0.05) is 29.8 Å². The summed E-state index contributed by atoms with van der Waals surface area (Å²) >= 11 is 5.87. The van der Waals surface area contributed by atoms with Crippen molar-refractivity contribution in [2.45, 2.75) is 0 Å². The first-order valence-corrected chi connectivity index (χ1v) is 5.15. The van der Waals surface area contributed by atoms with Crippen molar-refractivity contribution in [2.75, 3.05) is 7.11 Å². The van der Waals surface area contributed by atoms with Crippen LogP contribution in [0, 0.1) is 0 Å². The van der Waals surface area contributed by atoms with Gasteiger partial charge in [-0.3, -0.25) is 5.10 Å². The third-order valence-electron chi connectivity index (χ3n) is 2.52. The lowest BCUT2D eigenvalue weighted by molar-refractivity contribution is 0.419. The van der Waals surface area contributed by atoms with Gasteiger partial charge in [0.05, 0.1) is 18.2 Å². The second kappa shape index (κ2) is 3.35. The highest BCUT2D eigenvalue weighted by Gasteiger charge is 2.16. The van der Waals surface area contributed by atoms with Gasteiger partial charge >= 0.3 is 0 Å². The van der Waals surface area contributed by atoms with E-state index < -0.39 is 0 Å². The molecule has 2 aromatic heterocycles. The Hall–Kier alpha value is -1.81. The van der Waals surface area contributed by atoms with Crippen LogP contribution in [0.3, 0.4) is 0 Å². The molecule has 0 unspecified atom stereocenters. The number of pyridine rings is 1. The number of methoxy groups -OCH3 is 1. The maximum absolute atomic E-state index is 5.87. The topological polar surface area (TPSA) is 50.8 Å². The summed E-state index contributed by atoms with van der Waals surface area (Å²) in [6.07, 6.45) is 5.97. The smallest absolute Gasteiger partial charge is 0.186 e. The Morgan fingerprint density at radius 2 is 2.25 bits per heavy atom. The summed E-state index contributed by atoms with van der Waals surface area (Å²) in [5.74, 6) is 0.681. The molecule has 0 saturated carbocycles. The second-order valence-corrected chi connectivity index (χ2v) is 3.81. The van der Waals surface area contributed by atoms with Gasteiger partial charge < -0.3 is 4.74 Å². The predicted octanol–water partition coefficient (Wildman–Crippen LogP) is 2.57. The van der Waals surface area contributed by atoms with Crippen molar-refractivity contribution in [3.63, 3.8) is 0 Å². The van der Waals surface area contributed by atoms with E-state index in [0.29, 0.717) is 16.5 Å². The molecule has 0 fully saturated rings. The third kappa shape index (κ3) is 1.23. The minimum atomic E-state index is 0.375. The molecule has 16 heavy (non-hydrogen) atoms. The van der Waals surface area contributed by atoms with Crippen molar-refractivity contribution in [3.05, 3.63) is 35.1 Å². The molecule has 2 aromatic rings. The van der Waals surface area contributed by atoms with Crippen LogP contribution in [0.5, 0.6) is 5.75 Å². The van der Waals surface area contributed by atoms with Crippen LogP contribution >= 0.6 is 11.6 Å². The molecule has 0 radical (unpaired) electrons. The number of H-pyrrole nitrogens is 1. The molecular formula is C11H8ClN3O. The lowest BCUT2D eigenvalue weighted by atomic mass is 10.0. The van der Waals surface area contributed by atoms with Gasteiger partial charge in [-0.15, -0.1) is 0 Å². The Balaban J connectivity index is 2.31. The molecule has 1 aliphatic carbocycles. The number of fused-ring (bicyclic) bond motifs is 1. The van der Waals surface area contributed by atoms with Gasteiger partial charge in [-0.05, 0) is 0 Å². The summed E-state index contributed by atoms with van der Waals surface area (Å²) in [4.78, 5) is 4.14. The molecule has 4 nitrogen and oxygen atoms in total. The fourth-order valence-corrected chi connectivity index (χ4v) is 1.87. The number of nitrogens with zero attached hydrogens (tertiary/aromatic N) is 2. The second-order valence-electron chi connectivity index (χ2n) is 3.43. The van der Waals surface area contributed by atoms with Gasteiger partial charge in [0.15, 0.2) is 5.65 Å². The van der Waals surface area contributed by atoms with Crippen molar-refractivity contribution in [1.82, 2.24) is 15.2 Å². The van der Waals surface area contributed by atoms with E-state index in [2.05, 4.69) is 15.2 Å². The molecular weight excluding hydrogens is 226 g/mol. The Morgan fingerprint density at radius 1 is 1.44 bits per heavy atom. The van der Waals surface area contributed by atoms with Gasteiger partial charge in [-0.2, -0.15) is 5.10 Å². The van der Waals surface area contributed by atoms with E-state index in [1.165, 1.54) is 0 Å². The van der Waals surface area contributed by atoms with Crippen LogP contribution in [0.2, 0.25) is 5.15 Å². The van der Waals surface area contributed by atoms with Crippen LogP contribution < -0.4 is 4.74 Å². The number of hydrogen-bond acceptors (Lipinski definition) is 3. The van der Waals surface area contributed by atoms with Gasteiger partial charge in [0, 0.05) is 11.6 Å². The fraction of sp³-hybridized carbons (Fsp3) is 0.0909. The van der Waals surface area contributed by atoms with Crippen LogP contribution in [0.15, 0.2) is 24.3 Å². The molecule has 5 heteroatoms. The summed E-state index contributed by atoms with van der Waals surface area (Å²) in [6, 6.07) is 1.69. The number of aromatic nitrogens is 3. The fourth-order valence-electron chi connectivity index (χ4n) is 1.69. The number of rotatable bonds is 2. The Kier molecular flexibility index (Phi) is 1.97. The lowest BCUT2D eigenvalue weighted by Gasteiger charge is -2.07. The molecule has 1 N–H and O–H groups in total. The van der Waals surface area contributed by atoms with Crippen LogP contribution in [-0.4, -0.2) is 22.3 Å². The molecule has 0 saturated heterocycles. The molecule has 80 valence electrons. The van der Waals surface area contributed by atoms with Crippen LogP contribution in [0.1, 0.15) is 5.69 Å². The molecule has 3 rings (SSSR count). The predicted molar refractivity (Wildman–Crippen MR) is 62.6 cm³/mol. The Labute approximate surface area is 96.6 Å². The maximum atomic E-state index is 5.87. The average Bonchev–Trinajstić information content (AvgIpc) is 2.58. The first kappa shape index (κ1) is 9.42. The summed E-state index contributed by atoms with van der Waals surface area (Å²) < 4.78 is 5.29. The van der Waals surface area contributed by atoms with Crippen molar-refractivity contribution >= 4 is 28.2 Å². The first-order valence-electron chi connectivity index (χ1n) is 4.77. The van der Waals surface area contributed by atoms with E-state index in [1.54, 1.807) is 13.2 Å². The molecule has 2 heterocycles. The molecule has 0 spiro atoms. The number of hydrogen-bond donors (Lipinski definition) is 1. The number of ether oxygens (including phenoxy) is 1. The number of aromatic amines is 1. The Morgan fingerprint density at radius 3 is 2.88 bits per heavy atom. The monoisotopic (exact) mass is 233 g/mol. The molecule has 0 aromatic carbocycles. The molecule has 1 aliphatic rings. The van der Waals surface area contributed by atoms with Crippen molar-refractivity contribution in [3.8, 4) is 5.75 Å². The van der Waals surface area contributed by atoms with Gasteiger partial charge in [0.25, 0.3) is 0 Å².